The maximum atomic E-state index is 5.90. The Bertz CT molecular complexity index is 336. The molecule has 0 saturated carbocycles. The molecule has 18 heavy (non-hydrogen) atoms. The van der Waals surface area contributed by atoms with E-state index in [0.717, 1.165) is 44.6 Å². The summed E-state index contributed by atoms with van der Waals surface area (Å²) in [6.45, 7) is 8.10. The molecule has 0 heterocycles. The fraction of sp³-hybridized carbons (Fsp3) is 0.625. The summed E-state index contributed by atoms with van der Waals surface area (Å²) >= 11 is 0. The van der Waals surface area contributed by atoms with Crippen LogP contribution in [0.25, 0.3) is 0 Å². The van der Waals surface area contributed by atoms with Crippen LogP contribution in [0.1, 0.15) is 45.6 Å². The molecule has 0 fully saturated rings. The van der Waals surface area contributed by atoms with E-state index in [2.05, 4.69) is 39.0 Å². The van der Waals surface area contributed by atoms with Crippen LogP contribution in [0.2, 0.25) is 0 Å². The van der Waals surface area contributed by atoms with Crippen LogP contribution in [0.5, 0.6) is 5.75 Å². The molecule has 0 bridgehead atoms. The van der Waals surface area contributed by atoms with Crippen molar-refractivity contribution in [3.63, 3.8) is 0 Å². The van der Waals surface area contributed by atoms with Gasteiger partial charge < -0.3 is 10.5 Å². The highest BCUT2D eigenvalue weighted by Crippen LogP contribution is 2.29. The second kappa shape index (κ2) is 7.42. The molecule has 0 atom stereocenters. The summed E-state index contributed by atoms with van der Waals surface area (Å²) in [7, 11) is 0. The van der Waals surface area contributed by atoms with Gasteiger partial charge in [0, 0.05) is 0 Å². The first kappa shape index (κ1) is 15.0. The zero-order valence-corrected chi connectivity index (χ0v) is 12.0. The molecule has 0 saturated heterocycles. The van der Waals surface area contributed by atoms with Gasteiger partial charge in [-0.1, -0.05) is 32.9 Å². The van der Waals surface area contributed by atoms with Crippen LogP contribution in [0, 0.1) is 5.41 Å². The van der Waals surface area contributed by atoms with Crippen molar-refractivity contribution in [2.24, 2.45) is 11.1 Å². The van der Waals surface area contributed by atoms with Gasteiger partial charge in [0.25, 0.3) is 0 Å². The van der Waals surface area contributed by atoms with Gasteiger partial charge >= 0.3 is 0 Å². The highest BCUT2D eigenvalue weighted by Gasteiger charge is 2.23. The van der Waals surface area contributed by atoms with Gasteiger partial charge in [0.1, 0.15) is 5.75 Å². The first-order valence-corrected chi connectivity index (χ1v) is 7.11. The predicted molar refractivity (Wildman–Crippen MR) is 78.0 cm³/mol. The van der Waals surface area contributed by atoms with Gasteiger partial charge in [0.05, 0.1) is 6.61 Å². The van der Waals surface area contributed by atoms with Gasteiger partial charge in [-0.3, -0.25) is 0 Å². The SMILES string of the molecule is CCc1cccc(OCCC(CC)(CC)CN)c1. The molecule has 0 amide bonds. The second-order valence-corrected chi connectivity index (χ2v) is 5.01. The topological polar surface area (TPSA) is 35.2 Å². The van der Waals surface area contributed by atoms with Crippen LogP contribution in [0.15, 0.2) is 24.3 Å². The third-order valence-corrected chi connectivity index (χ3v) is 4.14. The number of hydrogen-bond donors (Lipinski definition) is 1. The molecule has 2 nitrogen and oxygen atoms in total. The van der Waals surface area contributed by atoms with E-state index in [-0.39, 0.29) is 5.41 Å². The molecule has 0 aliphatic rings. The fourth-order valence-corrected chi connectivity index (χ4v) is 2.23. The molecule has 2 N–H and O–H groups in total. The molecule has 1 rings (SSSR count). The Kier molecular flexibility index (Phi) is 6.20. The normalized spacial score (nSPS) is 11.6. The Morgan fingerprint density at radius 2 is 1.89 bits per heavy atom. The molecular formula is C16H27NO. The van der Waals surface area contributed by atoms with Crippen LogP contribution in [0.3, 0.4) is 0 Å². The van der Waals surface area contributed by atoms with E-state index in [9.17, 15) is 0 Å². The molecule has 0 aliphatic carbocycles. The summed E-state index contributed by atoms with van der Waals surface area (Å²) in [5.74, 6) is 0.979. The lowest BCUT2D eigenvalue weighted by atomic mass is 9.80. The van der Waals surface area contributed by atoms with E-state index in [1.807, 2.05) is 6.07 Å². The van der Waals surface area contributed by atoms with Crippen molar-refractivity contribution in [3.05, 3.63) is 29.8 Å². The Balaban J connectivity index is 2.49. The van der Waals surface area contributed by atoms with Crippen molar-refractivity contribution in [1.82, 2.24) is 0 Å². The maximum absolute atomic E-state index is 5.90. The van der Waals surface area contributed by atoms with Crippen LogP contribution < -0.4 is 10.5 Å². The van der Waals surface area contributed by atoms with E-state index in [1.165, 1.54) is 5.56 Å². The number of benzene rings is 1. The van der Waals surface area contributed by atoms with Crippen molar-refractivity contribution < 1.29 is 4.74 Å². The summed E-state index contributed by atoms with van der Waals surface area (Å²) in [5, 5.41) is 0. The monoisotopic (exact) mass is 249 g/mol. The number of aryl methyl sites for hydroxylation is 1. The Hall–Kier alpha value is -1.02. The smallest absolute Gasteiger partial charge is 0.119 e. The minimum absolute atomic E-state index is 0.252. The predicted octanol–water partition coefficient (Wildman–Crippen LogP) is 3.78. The van der Waals surface area contributed by atoms with Crippen molar-refractivity contribution >= 4 is 0 Å². The van der Waals surface area contributed by atoms with E-state index >= 15 is 0 Å². The quantitative estimate of drug-likeness (QED) is 0.761. The lowest BCUT2D eigenvalue weighted by Gasteiger charge is -2.29. The van der Waals surface area contributed by atoms with Crippen molar-refractivity contribution in [1.29, 1.82) is 0 Å². The lowest BCUT2D eigenvalue weighted by Crippen LogP contribution is -2.31. The standard InChI is InChI=1S/C16H27NO/c1-4-14-8-7-9-15(12-14)18-11-10-16(5-2,6-3)13-17/h7-9,12H,4-6,10-11,13,17H2,1-3H3. The molecule has 0 aliphatic heterocycles. The van der Waals surface area contributed by atoms with E-state index in [4.69, 9.17) is 10.5 Å². The van der Waals surface area contributed by atoms with Crippen molar-refractivity contribution in [2.45, 2.75) is 46.5 Å². The summed E-state index contributed by atoms with van der Waals surface area (Å²) in [6.07, 6.45) is 4.33. The molecule has 2 heteroatoms. The largest absolute Gasteiger partial charge is 0.494 e. The zero-order valence-electron chi connectivity index (χ0n) is 12.0. The third-order valence-electron chi connectivity index (χ3n) is 4.14. The minimum atomic E-state index is 0.252. The summed E-state index contributed by atoms with van der Waals surface area (Å²) in [6, 6.07) is 8.35. The first-order valence-electron chi connectivity index (χ1n) is 7.11. The number of rotatable bonds is 8. The number of ether oxygens (including phenoxy) is 1. The average Bonchev–Trinajstić information content (AvgIpc) is 2.44. The second-order valence-electron chi connectivity index (χ2n) is 5.01. The van der Waals surface area contributed by atoms with Crippen molar-refractivity contribution in [3.8, 4) is 5.75 Å². The molecule has 1 aromatic carbocycles. The van der Waals surface area contributed by atoms with E-state index in [0.29, 0.717) is 0 Å². The molecular weight excluding hydrogens is 222 g/mol. The molecule has 0 spiro atoms. The highest BCUT2D eigenvalue weighted by atomic mass is 16.5. The van der Waals surface area contributed by atoms with Crippen molar-refractivity contribution in [2.75, 3.05) is 13.2 Å². The van der Waals surface area contributed by atoms with Crippen LogP contribution in [-0.2, 0) is 6.42 Å². The Morgan fingerprint density at radius 3 is 2.44 bits per heavy atom. The average molecular weight is 249 g/mol. The Morgan fingerprint density at radius 1 is 1.17 bits per heavy atom. The van der Waals surface area contributed by atoms with Crippen LogP contribution in [0.4, 0.5) is 0 Å². The van der Waals surface area contributed by atoms with Crippen LogP contribution >= 0.6 is 0 Å². The third kappa shape index (κ3) is 4.02. The van der Waals surface area contributed by atoms with Gasteiger partial charge in [-0.25, -0.2) is 0 Å². The molecule has 102 valence electrons. The van der Waals surface area contributed by atoms with Crippen LogP contribution in [-0.4, -0.2) is 13.2 Å². The molecule has 1 aromatic rings. The fourth-order valence-electron chi connectivity index (χ4n) is 2.23. The van der Waals surface area contributed by atoms with Gasteiger partial charge in [0.2, 0.25) is 0 Å². The maximum Gasteiger partial charge on any atom is 0.119 e. The first-order chi connectivity index (χ1) is 8.69. The minimum Gasteiger partial charge on any atom is -0.494 e. The van der Waals surface area contributed by atoms with Gasteiger partial charge in [-0.05, 0) is 55.3 Å². The zero-order chi connectivity index (χ0) is 13.4. The summed E-state index contributed by atoms with van der Waals surface area (Å²) < 4.78 is 5.85. The summed E-state index contributed by atoms with van der Waals surface area (Å²) in [4.78, 5) is 0. The van der Waals surface area contributed by atoms with Gasteiger partial charge in [-0.2, -0.15) is 0 Å². The van der Waals surface area contributed by atoms with Gasteiger partial charge in [-0.15, -0.1) is 0 Å². The van der Waals surface area contributed by atoms with E-state index < -0.39 is 0 Å². The molecule has 0 radical (unpaired) electrons. The lowest BCUT2D eigenvalue weighted by molar-refractivity contribution is 0.187. The van der Waals surface area contributed by atoms with Gasteiger partial charge in [0.15, 0.2) is 0 Å². The van der Waals surface area contributed by atoms with E-state index in [1.54, 1.807) is 0 Å². The highest BCUT2D eigenvalue weighted by molar-refractivity contribution is 5.28. The molecule has 0 unspecified atom stereocenters. The molecule has 0 aromatic heterocycles. The Labute approximate surface area is 112 Å². The summed E-state index contributed by atoms with van der Waals surface area (Å²) in [5.41, 5.74) is 7.47. The number of nitrogens with two attached hydrogens (primary N) is 1. The number of hydrogen-bond acceptors (Lipinski definition) is 2.